The van der Waals surface area contributed by atoms with Gasteiger partial charge < -0.3 is 10.1 Å². The zero-order valence-corrected chi connectivity index (χ0v) is 14.4. The van der Waals surface area contributed by atoms with Gasteiger partial charge in [-0.2, -0.15) is 0 Å². The summed E-state index contributed by atoms with van der Waals surface area (Å²) >= 11 is 7.28. The van der Waals surface area contributed by atoms with Crippen LogP contribution in [0.25, 0.3) is 11.4 Å². The molecule has 2 aromatic rings. The zero-order valence-electron chi connectivity index (χ0n) is 12.8. The van der Waals surface area contributed by atoms with Crippen LogP contribution in [0.2, 0.25) is 5.02 Å². The molecule has 1 aromatic carbocycles. The van der Waals surface area contributed by atoms with Crippen LogP contribution in [0.5, 0.6) is 5.75 Å². The van der Waals surface area contributed by atoms with E-state index in [1.54, 1.807) is 38.3 Å². The van der Waals surface area contributed by atoms with Gasteiger partial charge in [-0.1, -0.05) is 29.4 Å². The van der Waals surface area contributed by atoms with Crippen molar-refractivity contribution in [2.45, 2.75) is 17.3 Å². The smallest absolute Gasteiger partial charge is 0.233 e. The van der Waals surface area contributed by atoms with E-state index in [2.05, 4.69) is 27.1 Å². The summed E-state index contributed by atoms with van der Waals surface area (Å²) in [7, 11) is 1.57. The molecule has 6 nitrogen and oxygen atoms in total. The highest BCUT2D eigenvalue weighted by atomic mass is 35.5. The molecule has 1 atom stereocenters. The highest BCUT2D eigenvalue weighted by Gasteiger charge is 2.18. The highest BCUT2D eigenvalue weighted by Crippen LogP contribution is 2.31. The fraction of sp³-hybridized carbons (Fsp3) is 0.267. The van der Waals surface area contributed by atoms with Crippen LogP contribution in [0.3, 0.4) is 0 Å². The molecule has 0 aliphatic carbocycles. The fourth-order valence-electron chi connectivity index (χ4n) is 1.81. The Morgan fingerprint density at radius 2 is 2.39 bits per heavy atom. The SMILES string of the molecule is C=CCNC(=O)[C@@H](C)Sc1n[nH]c(-c2cc(Cl)ccc2OC)n1. The molecule has 0 spiro atoms. The fourth-order valence-corrected chi connectivity index (χ4v) is 2.73. The van der Waals surface area contributed by atoms with Crippen molar-refractivity contribution in [3.8, 4) is 17.1 Å². The summed E-state index contributed by atoms with van der Waals surface area (Å²) in [6.45, 7) is 5.79. The first-order valence-electron chi connectivity index (χ1n) is 6.86. The second-order valence-corrected chi connectivity index (χ2v) is 6.35. The molecular weight excluding hydrogens is 336 g/mol. The van der Waals surface area contributed by atoms with Gasteiger partial charge in [0.2, 0.25) is 11.1 Å². The van der Waals surface area contributed by atoms with E-state index in [4.69, 9.17) is 16.3 Å². The summed E-state index contributed by atoms with van der Waals surface area (Å²) in [6.07, 6.45) is 1.63. The molecular formula is C15H17ClN4O2S. The number of halogens is 1. The number of amides is 1. The number of methoxy groups -OCH3 is 1. The van der Waals surface area contributed by atoms with E-state index in [0.717, 1.165) is 0 Å². The molecule has 8 heteroatoms. The maximum atomic E-state index is 11.8. The first-order chi connectivity index (χ1) is 11.0. The number of carbonyl (C=O) groups is 1. The largest absolute Gasteiger partial charge is 0.496 e. The third kappa shape index (κ3) is 4.49. The summed E-state index contributed by atoms with van der Waals surface area (Å²) in [4.78, 5) is 16.2. The number of nitrogens with one attached hydrogen (secondary N) is 2. The third-order valence-electron chi connectivity index (χ3n) is 2.95. The summed E-state index contributed by atoms with van der Waals surface area (Å²) in [5.74, 6) is 1.08. The van der Waals surface area contributed by atoms with Gasteiger partial charge in [-0.05, 0) is 25.1 Å². The van der Waals surface area contributed by atoms with Gasteiger partial charge in [0.1, 0.15) is 5.75 Å². The standard InChI is InChI=1S/C15H17ClN4O2S/c1-4-7-17-14(21)9(2)23-15-18-13(19-20-15)11-8-10(16)5-6-12(11)22-3/h4-6,8-9H,1,7H2,2-3H3,(H,17,21)(H,18,19,20)/t9-/m1/s1. The van der Waals surface area contributed by atoms with Crippen molar-refractivity contribution >= 4 is 29.3 Å². The number of nitrogens with zero attached hydrogens (tertiary/aromatic N) is 2. The minimum absolute atomic E-state index is 0.0958. The lowest BCUT2D eigenvalue weighted by molar-refractivity contribution is -0.120. The number of aromatic nitrogens is 3. The summed E-state index contributed by atoms with van der Waals surface area (Å²) in [5, 5.41) is 10.4. The van der Waals surface area contributed by atoms with Crippen LogP contribution in [-0.2, 0) is 4.79 Å². The first kappa shape index (κ1) is 17.4. The number of thioether (sulfide) groups is 1. The Bertz CT molecular complexity index is 705. The number of benzene rings is 1. The van der Waals surface area contributed by atoms with Crippen molar-refractivity contribution < 1.29 is 9.53 Å². The van der Waals surface area contributed by atoms with Crippen molar-refractivity contribution in [3.05, 3.63) is 35.9 Å². The molecule has 0 aliphatic rings. The molecule has 2 rings (SSSR count). The normalized spacial score (nSPS) is 11.8. The van der Waals surface area contributed by atoms with E-state index < -0.39 is 0 Å². The van der Waals surface area contributed by atoms with Crippen LogP contribution >= 0.6 is 23.4 Å². The molecule has 0 saturated heterocycles. The predicted octanol–water partition coefficient (Wildman–Crippen LogP) is 2.92. The van der Waals surface area contributed by atoms with Crippen molar-refractivity contribution in [1.29, 1.82) is 0 Å². The number of H-pyrrole nitrogens is 1. The number of carbonyl (C=O) groups excluding carboxylic acids is 1. The quantitative estimate of drug-likeness (QED) is 0.591. The van der Waals surface area contributed by atoms with E-state index in [-0.39, 0.29) is 11.2 Å². The van der Waals surface area contributed by atoms with Crippen molar-refractivity contribution in [2.24, 2.45) is 0 Å². The molecule has 0 bridgehead atoms. The van der Waals surface area contributed by atoms with Gasteiger partial charge in [0, 0.05) is 11.6 Å². The van der Waals surface area contributed by atoms with Crippen LogP contribution in [0.15, 0.2) is 36.0 Å². The van der Waals surface area contributed by atoms with Gasteiger partial charge in [0.05, 0.1) is 17.9 Å². The average molecular weight is 353 g/mol. The first-order valence-corrected chi connectivity index (χ1v) is 8.12. The molecule has 1 heterocycles. The Hall–Kier alpha value is -1.99. The van der Waals surface area contributed by atoms with Gasteiger partial charge in [0.25, 0.3) is 0 Å². The summed E-state index contributed by atoms with van der Waals surface area (Å²) < 4.78 is 5.30. The second kappa shape index (κ2) is 8.03. The number of rotatable bonds is 7. The van der Waals surface area contributed by atoms with Gasteiger partial charge in [-0.3, -0.25) is 9.89 Å². The van der Waals surface area contributed by atoms with E-state index >= 15 is 0 Å². The lowest BCUT2D eigenvalue weighted by atomic mass is 10.2. The monoisotopic (exact) mass is 352 g/mol. The summed E-state index contributed by atoms with van der Waals surface area (Å²) in [5.41, 5.74) is 0.711. The molecule has 0 fully saturated rings. The lowest BCUT2D eigenvalue weighted by Crippen LogP contribution is -2.30. The Kier molecular flexibility index (Phi) is 6.06. The number of hydrogen-bond acceptors (Lipinski definition) is 5. The number of aromatic amines is 1. The van der Waals surface area contributed by atoms with Crippen molar-refractivity contribution in [2.75, 3.05) is 13.7 Å². The molecule has 122 valence electrons. The van der Waals surface area contributed by atoms with E-state index in [1.165, 1.54) is 11.8 Å². The predicted molar refractivity (Wildman–Crippen MR) is 91.9 cm³/mol. The maximum Gasteiger partial charge on any atom is 0.233 e. The van der Waals surface area contributed by atoms with E-state index in [9.17, 15) is 4.79 Å². The van der Waals surface area contributed by atoms with Gasteiger partial charge >= 0.3 is 0 Å². The van der Waals surface area contributed by atoms with Gasteiger partial charge in [0.15, 0.2) is 5.82 Å². The molecule has 0 radical (unpaired) electrons. The molecule has 2 N–H and O–H groups in total. The number of hydrogen-bond donors (Lipinski definition) is 2. The Morgan fingerprint density at radius 1 is 1.61 bits per heavy atom. The lowest BCUT2D eigenvalue weighted by Gasteiger charge is -2.08. The van der Waals surface area contributed by atoms with E-state index in [0.29, 0.717) is 33.9 Å². The minimum atomic E-state index is -0.320. The Morgan fingerprint density at radius 3 is 3.09 bits per heavy atom. The van der Waals surface area contributed by atoms with Gasteiger partial charge in [-0.15, -0.1) is 11.7 Å². The van der Waals surface area contributed by atoms with Crippen molar-refractivity contribution in [1.82, 2.24) is 20.5 Å². The minimum Gasteiger partial charge on any atom is -0.496 e. The van der Waals surface area contributed by atoms with Crippen LogP contribution in [0.1, 0.15) is 6.92 Å². The third-order valence-corrected chi connectivity index (χ3v) is 4.15. The van der Waals surface area contributed by atoms with Crippen LogP contribution in [0.4, 0.5) is 0 Å². The second-order valence-electron chi connectivity index (χ2n) is 4.61. The van der Waals surface area contributed by atoms with Crippen LogP contribution in [0, 0.1) is 0 Å². The van der Waals surface area contributed by atoms with E-state index in [1.807, 2.05) is 0 Å². The molecule has 23 heavy (non-hydrogen) atoms. The van der Waals surface area contributed by atoms with Crippen LogP contribution < -0.4 is 10.1 Å². The topological polar surface area (TPSA) is 79.9 Å². The summed E-state index contributed by atoms with van der Waals surface area (Å²) in [6, 6.07) is 5.25. The Balaban J connectivity index is 2.13. The molecule has 0 unspecified atom stereocenters. The Labute approximate surface area is 143 Å². The molecule has 0 aliphatic heterocycles. The highest BCUT2D eigenvalue weighted by molar-refractivity contribution is 8.00. The number of ether oxygens (including phenoxy) is 1. The maximum absolute atomic E-state index is 11.8. The molecule has 1 aromatic heterocycles. The molecule has 1 amide bonds. The zero-order chi connectivity index (χ0) is 16.8. The van der Waals surface area contributed by atoms with Crippen LogP contribution in [-0.4, -0.2) is 40.0 Å². The van der Waals surface area contributed by atoms with Gasteiger partial charge in [-0.25, -0.2) is 4.98 Å². The average Bonchev–Trinajstić information content (AvgIpc) is 3.00. The van der Waals surface area contributed by atoms with Crippen molar-refractivity contribution in [3.63, 3.8) is 0 Å². The molecule has 0 saturated carbocycles.